The number of hydrogen-bond donors (Lipinski definition) is 0. The summed E-state index contributed by atoms with van der Waals surface area (Å²) in [7, 11) is -3.89. The summed E-state index contributed by atoms with van der Waals surface area (Å²) in [6, 6.07) is 3.85. The molecular formula is C13H15BrFNO3S. The van der Waals surface area contributed by atoms with E-state index in [9.17, 15) is 17.6 Å². The molecule has 1 heterocycles. The van der Waals surface area contributed by atoms with Gasteiger partial charge in [-0.25, -0.2) is 12.8 Å². The van der Waals surface area contributed by atoms with Crippen molar-refractivity contribution in [3.8, 4) is 0 Å². The first-order valence-corrected chi connectivity index (χ1v) is 8.57. The average Bonchev–Trinajstić information content (AvgIpc) is 2.38. The lowest BCUT2D eigenvalue weighted by Crippen LogP contribution is -2.44. The van der Waals surface area contributed by atoms with Crippen LogP contribution in [-0.4, -0.2) is 31.6 Å². The Morgan fingerprint density at radius 3 is 2.75 bits per heavy atom. The van der Waals surface area contributed by atoms with Crippen molar-refractivity contribution in [2.24, 2.45) is 5.92 Å². The fourth-order valence-corrected chi connectivity index (χ4v) is 4.14. The Morgan fingerprint density at radius 1 is 1.45 bits per heavy atom. The van der Waals surface area contributed by atoms with Gasteiger partial charge in [-0.05, 0) is 24.6 Å². The molecule has 7 heteroatoms. The van der Waals surface area contributed by atoms with E-state index in [4.69, 9.17) is 0 Å². The van der Waals surface area contributed by atoms with E-state index in [1.54, 1.807) is 0 Å². The molecule has 0 aromatic heterocycles. The number of sulfonamides is 1. The molecule has 1 aromatic carbocycles. The highest BCUT2D eigenvalue weighted by Crippen LogP contribution is 2.26. The largest absolute Gasteiger partial charge is 0.299 e. The molecule has 110 valence electrons. The third-order valence-electron chi connectivity index (χ3n) is 3.49. The van der Waals surface area contributed by atoms with Crippen LogP contribution in [0.1, 0.15) is 19.8 Å². The predicted molar refractivity (Wildman–Crippen MR) is 76.3 cm³/mol. The van der Waals surface area contributed by atoms with Gasteiger partial charge >= 0.3 is 0 Å². The molecular weight excluding hydrogens is 349 g/mol. The van der Waals surface area contributed by atoms with Crippen LogP contribution in [0.2, 0.25) is 0 Å². The van der Waals surface area contributed by atoms with Crippen molar-refractivity contribution in [3.63, 3.8) is 0 Å². The molecule has 0 bridgehead atoms. The van der Waals surface area contributed by atoms with Gasteiger partial charge in [0, 0.05) is 29.9 Å². The van der Waals surface area contributed by atoms with Gasteiger partial charge in [0.05, 0.1) is 0 Å². The maximum absolute atomic E-state index is 13.9. The van der Waals surface area contributed by atoms with Gasteiger partial charge in [0.25, 0.3) is 0 Å². The number of ketones is 1. The third kappa shape index (κ3) is 2.94. The van der Waals surface area contributed by atoms with Gasteiger partial charge in [0.15, 0.2) is 0 Å². The molecule has 20 heavy (non-hydrogen) atoms. The van der Waals surface area contributed by atoms with Crippen LogP contribution in [0.15, 0.2) is 27.6 Å². The van der Waals surface area contributed by atoms with Gasteiger partial charge in [-0.1, -0.05) is 22.9 Å². The van der Waals surface area contributed by atoms with Crippen LogP contribution in [0.3, 0.4) is 0 Å². The summed E-state index contributed by atoms with van der Waals surface area (Å²) in [6.45, 7) is 2.10. The number of carbonyl (C=O) groups is 1. The molecule has 1 aliphatic heterocycles. The minimum absolute atomic E-state index is 0.0789. The van der Waals surface area contributed by atoms with E-state index < -0.39 is 15.8 Å². The third-order valence-corrected chi connectivity index (χ3v) is 5.88. The molecule has 1 saturated heterocycles. The molecule has 0 N–H and O–H groups in total. The van der Waals surface area contributed by atoms with Crippen molar-refractivity contribution < 1.29 is 17.6 Å². The summed E-state index contributed by atoms with van der Waals surface area (Å²) in [5, 5.41) is 0. The first-order chi connectivity index (χ1) is 9.36. The second-order valence-corrected chi connectivity index (χ2v) is 7.58. The zero-order valence-corrected chi connectivity index (χ0v) is 13.4. The Hall–Kier alpha value is -0.790. The highest BCUT2D eigenvalue weighted by Gasteiger charge is 2.34. The number of halogens is 2. The number of rotatable bonds is 3. The zero-order chi connectivity index (χ0) is 14.9. The standard InChI is InChI=1S/C13H15BrFNO3S/c1-2-9-8-16(6-5-12(9)17)20(18,19)13-4-3-10(14)7-11(13)15/h3-4,7,9H,2,5-6,8H2,1H3. The first kappa shape index (κ1) is 15.6. The molecule has 0 saturated carbocycles. The Labute approximate surface area is 126 Å². The summed E-state index contributed by atoms with van der Waals surface area (Å²) in [5.41, 5.74) is 0. The van der Waals surface area contributed by atoms with Gasteiger partial charge < -0.3 is 0 Å². The van der Waals surface area contributed by atoms with Crippen molar-refractivity contribution in [3.05, 3.63) is 28.5 Å². The van der Waals surface area contributed by atoms with Crippen molar-refractivity contribution in [2.45, 2.75) is 24.7 Å². The van der Waals surface area contributed by atoms with E-state index in [1.165, 1.54) is 16.4 Å². The maximum Gasteiger partial charge on any atom is 0.246 e. The van der Waals surface area contributed by atoms with Crippen LogP contribution in [0.5, 0.6) is 0 Å². The van der Waals surface area contributed by atoms with E-state index >= 15 is 0 Å². The normalized spacial score (nSPS) is 21.1. The average molecular weight is 364 g/mol. The number of carbonyl (C=O) groups excluding carboxylic acids is 1. The van der Waals surface area contributed by atoms with E-state index in [1.807, 2.05) is 6.92 Å². The van der Waals surface area contributed by atoms with Crippen LogP contribution in [0, 0.1) is 11.7 Å². The molecule has 0 spiro atoms. The molecule has 0 radical (unpaired) electrons. The van der Waals surface area contributed by atoms with Crippen LogP contribution in [-0.2, 0) is 14.8 Å². The molecule has 1 aliphatic rings. The Morgan fingerprint density at radius 2 is 2.15 bits per heavy atom. The SMILES string of the molecule is CCC1CN(S(=O)(=O)c2ccc(Br)cc2F)CCC1=O. The Bertz CT molecular complexity index is 633. The van der Waals surface area contributed by atoms with Crippen molar-refractivity contribution in [2.75, 3.05) is 13.1 Å². The molecule has 1 aromatic rings. The van der Waals surface area contributed by atoms with Gasteiger partial charge in [-0.3, -0.25) is 4.79 Å². The molecule has 0 amide bonds. The van der Waals surface area contributed by atoms with Gasteiger partial charge in [-0.15, -0.1) is 0 Å². The Balaban J connectivity index is 2.33. The topological polar surface area (TPSA) is 54.5 Å². The zero-order valence-electron chi connectivity index (χ0n) is 11.0. The lowest BCUT2D eigenvalue weighted by Gasteiger charge is -2.30. The smallest absolute Gasteiger partial charge is 0.246 e. The summed E-state index contributed by atoms with van der Waals surface area (Å²) < 4.78 is 40.4. The van der Waals surface area contributed by atoms with Gasteiger partial charge in [0.2, 0.25) is 10.0 Å². The van der Waals surface area contributed by atoms with E-state index in [0.29, 0.717) is 10.9 Å². The second kappa shape index (κ2) is 5.91. The highest BCUT2D eigenvalue weighted by molar-refractivity contribution is 9.10. The summed E-state index contributed by atoms with van der Waals surface area (Å²) in [6.07, 6.45) is 0.781. The number of hydrogen-bond acceptors (Lipinski definition) is 3. The fraction of sp³-hybridized carbons (Fsp3) is 0.462. The molecule has 1 fully saturated rings. The van der Waals surface area contributed by atoms with Crippen LogP contribution in [0.25, 0.3) is 0 Å². The molecule has 2 rings (SSSR count). The van der Waals surface area contributed by atoms with Crippen LogP contribution < -0.4 is 0 Å². The molecule has 0 aliphatic carbocycles. The Kier molecular flexibility index (Phi) is 4.61. The van der Waals surface area contributed by atoms with Gasteiger partial charge in [-0.2, -0.15) is 4.31 Å². The first-order valence-electron chi connectivity index (χ1n) is 6.34. The summed E-state index contributed by atoms with van der Waals surface area (Å²) >= 11 is 3.09. The quantitative estimate of drug-likeness (QED) is 0.829. The molecule has 1 atom stereocenters. The minimum Gasteiger partial charge on any atom is -0.299 e. The number of benzene rings is 1. The van der Waals surface area contributed by atoms with E-state index in [-0.39, 0.29) is 36.1 Å². The maximum atomic E-state index is 13.9. The second-order valence-electron chi connectivity index (χ2n) is 4.76. The van der Waals surface area contributed by atoms with Crippen LogP contribution in [0.4, 0.5) is 4.39 Å². The number of nitrogens with zero attached hydrogens (tertiary/aromatic N) is 1. The fourth-order valence-electron chi connectivity index (χ4n) is 2.28. The molecule has 1 unspecified atom stereocenters. The lowest BCUT2D eigenvalue weighted by atomic mass is 9.96. The van der Waals surface area contributed by atoms with Gasteiger partial charge in [0.1, 0.15) is 16.5 Å². The minimum atomic E-state index is -3.89. The predicted octanol–water partition coefficient (Wildman–Crippen LogP) is 2.58. The van der Waals surface area contributed by atoms with Crippen molar-refractivity contribution >= 4 is 31.7 Å². The number of Topliss-reactive ketones (excluding diaryl/α,β-unsaturated/α-hetero) is 1. The highest BCUT2D eigenvalue weighted by atomic mass is 79.9. The lowest BCUT2D eigenvalue weighted by molar-refractivity contribution is -0.125. The van der Waals surface area contributed by atoms with E-state index in [2.05, 4.69) is 15.9 Å². The van der Waals surface area contributed by atoms with Crippen molar-refractivity contribution in [1.29, 1.82) is 0 Å². The summed E-state index contributed by atoms with van der Waals surface area (Å²) in [5.74, 6) is -1.00. The van der Waals surface area contributed by atoms with Crippen LogP contribution >= 0.6 is 15.9 Å². The summed E-state index contributed by atoms with van der Waals surface area (Å²) in [4.78, 5) is 11.3. The van der Waals surface area contributed by atoms with E-state index in [0.717, 1.165) is 6.07 Å². The molecule has 4 nitrogen and oxygen atoms in total. The van der Waals surface area contributed by atoms with Crippen molar-refractivity contribution in [1.82, 2.24) is 4.31 Å². The monoisotopic (exact) mass is 363 g/mol. The number of piperidine rings is 1.